The van der Waals surface area contributed by atoms with Crippen LogP contribution in [0.25, 0.3) is 67.0 Å². The molecule has 3 aliphatic heterocycles. The molecule has 9 N–H and O–H groups in total. The Kier molecular flexibility index (Phi) is 24.9. The van der Waals surface area contributed by atoms with Crippen molar-refractivity contribution in [1.29, 1.82) is 0 Å². The van der Waals surface area contributed by atoms with Crippen molar-refractivity contribution in [3.8, 4) is 51.8 Å². The number of piperazine rings is 3. The number of carbonyl (C=O) groups excluding carboxylic acids is 3. The van der Waals surface area contributed by atoms with Crippen LogP contribution in [0.15, 0.2) is 74.1 Å². The minimum absolute atomic E-state index is 0.0378. The first kappa shape index (κ1) is 79.8. The Morgan fingerprint density at radius 3 is 1.30 bits per heavy atom. The number of nitrogens with one attached hydrogen (secondary N) is 9. The van der Waals surface area contributed by atoms with Crippen LogP contribution >= 0.6 is 0 Å². The fourth-order valence-corrected chi connectivity index (χ4v) is 14.2. The molecule has 15 heterocycles. The number of pyridine rings is 3. The van der Waals surface area contributed by atoms with Gasteiger partial charge in [0, 0.05) is 148 Å². The van der Waals surface area contributed by atoms with Gasteiger partial charge in [-0.25, -0.2) is 34.9 Å². The Hall–Kier alpha value is -12.3. The monoisotopic (exact) mass is 1560 g/mol. The van der Waals surface area contributed by atoms with Gasteiger partial charge in [0.1, 0.15) is 50.5 Å². The molecule has 3 saturated heterocycles. The molecule has 0 aromatic carbocycles. The minimum atomic E-state index is -0.217. The minimum Gasteiger partial charge on any atom is -0.478 e. The molecule has 3 atom stereocenters. The number of hydrogen-bond donors (Lipinski definition) is 9. The summed E-state index contributed by atoms with van der Waals surface area (Å²) in [4.78, 5) is 94.3. The number of fused-ring (bicyclic) bond motifs is 3. The first-order chi connectivity index (χ1) is 55.1. The number of methoxy groups -OCH3 is 3. The number of aryl methyl sites for hydroxylation is 6. The number of carbonyl (C=O) groups is 3. The maximum atomic E-state index is 13.3. The molecule has 39 nitrogen and oxygen atoms in total. The van der Waals surface area contributed by atoms with Crippen LogP contribution in [0.1, 0.15) is 56.7 Å². The second-order valence-corrected chi connectivity index (χ2v) is 28.5. The number of amides is 3. The molecule has 39 heteroatoms. The lowest BCUT2D eigenvalue weighted by Gasteiger charge is -2.36. The molecule has 0 aliphatic carbocycles. The van der Waals surface area contributed by atoms with Gasteiger partial charge in [-0.05, 0) is 90.0 Å². The van der Waals surface area contributed by atoms with Crippen molar-refractivity contribution in [3.63, 3.8) is 0 Å². The molecule has 0 radical (unpaired) electrons. The van der Waals surface area contributed by atoms with Crippen LogP contribution in [0.5, 0.6) is 17.6 Å². The number of hydrogen-bond acceptors (Lipinski definition) is 30. The zero-order chi connectivity index (χ0) is 80.4. The van der Waals surface area contributed by atoms with E-state index in [2.05, 4.69) is 158 Å². The highest BCUT2D eigenvalue weighted by Gasteiger charge is 2.32. The van der Waals surface area contributed by atoms with Gasteiger partial charge in [0.25, 0.3) is 17.6 Å². The summed E-state index contributed by atoms with van der Waals surface area (Å²) in [6, 6.07) is 3.01. The summed E-state index contributed by atoms with van der Waals surface area (Å²) in [5, 5.41) is 55.8. The molecular formula is C75H99N33O6. The zero-order valence-corrected chi connectivity index (χ0v) is 66.9. The molecule has 3 aliphatic rings. The highest BCUT2D eigenvalue weighted by atomic mass is 16.5. The van der Waals surface area contributed by atoms with Crippen LogP contribution in [0.3, 0.4) is 0 Å². The zero-order valence-electron chi connectivity index (χ0n) is 66.9. The molecule has 3 unspecified atom stereocenters. The van der Waals surface area contributed by atoms with Crippen molar-refractivity contribution in [2.45, 2.75) is 78.9 Å². The van der Waals surface area contributed by atoms with Crippen molar-refractivity contribution >= 4 is 103 Å². The summed E-state index contributed by atoms with van der Waals surface area (Å²) in [5.41, 5.74) is 12.1. The number of ether oxygens (including phenoxy) is 3. The number of nitrogens with zero attached hydrogens (tertiary/aromatic N) is 24. The summed E-state index contributed by atoms with van der Waals surface area (Å²) < 4.78 is 20.9. The second-order valence-electron chi connectivity index (χ2n) is 28.5. The van der Waals surface area contributed by atoms with Crippen molar-refractivity contribution in [1.82, 2.24) is 134 Å². The Morgan fingerprint density at radius 1 is 0.421 bits per heavy atom. The number of rotatable bonds is 24. The van der Waals surface area contributed by atoms with Crippen LogP contribution in [-0.2, 0) is 35.5 Å². The van der Waals surface area contributed by atoms with Crippen molar-refractivity contribution in [3.05, 3.63) is 90.8 Å². The molecule has 600 valence electrons. The van der Waals surface area contributed by atoms with Gasteiger partial charge in [-0.15, -0.1) is 15.3 Å². The van der Waals surface area contributed by atoms with Gasteiger partial charge in [-0.2, -0.15) is 15.3 Å². The molecule has 12 aromatic heterocycles. The van der Waals surface area contributed by atoms with E-state index in [1.54, 1.807) is 103 Å². The summed E-state index contributed by atoms with van der Waals surface area (Å²) in [6.07, 6.45) is 19.4. The van der Waals surface area contributed by atoms with Gasteiger partial charge >= 0.3 is 0 Å². The fraction of sp³-hybridized carbons (Fsp3) is 0.440. The van der Waals surface area contributed by atoms with Gasteiger partial charge < -0.3 is 60.8 Å². The fourth-order valence-electron chi connectivity index (χ4n) is 14.2. The third-order valence-corrected chi connectivity index (χ3v) is 20.5. The topological polar surface area (TPSA) is 426 Å². The molecule has 12 aromatic rings. The van der Waals surface area contributed by atoms with E-state index >= 15 is 0 Å². The lowest BCUT2D eigenvalue weighted by molar-refractivity contribution is -0.122. The van der Waals surface area contributed by atoms with Crippen molar-refractivity contribution in [2.75, 3.05) is 153 Å². The summed E-state index contributed by atoms with van der Waals surface area (Å²) in [5.74, 6) is 2.76. The standard InChI is InChI=1S/3C25H33N11O2/c1-6-19(36-9-7-34(3)8-10-36)23(37)28-17-13-26-12-16-21(17)31-32-22(16)20-15(2)11-27-25(30-20)29-18-14-35(4)33-24(18)38-5;1-6-18(36-11-9-34(3)10-12-36)23(37)28-16-7-8-26-21-20(16)31-32-22(21)19-15(2)13-27-25(30-19)29-17-14-35(4)33-24(17)38-5;1-6-18(36-11-9-34(3)10-12-36)23(37)30-22-21-16(7-8-26-22)20(31-32-21)19-15(2)13-27-25(29-19)28-17-14-35(4)33-24(17)38-5/h11-14,19H,6-10H2,1-5H3,(H,28,37)(H,31,32)(H,27,29,30);7-8,13-14,18H,6,9-12H2,1-5H3,(H,31,32)(H,26,28,37)(H,27,29,30);7-8,13-14,18H,6,9-12H2,1-5H3,(H,31,32)(H,26,30,37)(H,27,28,29). The van der Waals surface area contributed by atoms with Gasteiger partial charge in [0.05, 0.1) is 98.4 Å². The third kappa shape index (κ3) is 17.8. The first-order valence-corrected chi connectivity index (χ1v) is 37.9. The van der Waals surface area contributed by atoms with Gasteiger partial charge in [-0.1, -0.05) is 20.8 Å². The summed E-state index contributed by atoms with van der Waals surface area (Å²) >= 11 is 0. The maximum Gasteiger partial charge on any atom is 0.256 e. The molecule has 0 bridgehead atoms. The van der Waals surface area contributed by atoms with Crippen LogP contribution < -0.4 is 46.1 Å². The molecule has 15 rings (SSSR count). The van der Waals surface area contributed by atoms with Crippen LogP contribution in [-0.4, -0.2) is 291 Å². The lowest BCUT2D eigenvalue weighted by Crippen LogP contribution is -2.52. The van der Waals surface area contributed by atoms with E-state index in [1.165, 1.54) is 0 Å². The van der Waals surface area contributed by atoms with Gasteiger partial charge in [0.2, 0.25) is 35.6 Å². The van der Waals surface area contributed by atoms with Crippen LogP contribution in [0.2, 0.25) is 0 Å². The van der Waals surface area contributed by atoms with Crippen LogP contribution in [0.4, 0.5) is 52.1 Å². The third-order valence-electron chi connectivity index (χ3n) is 20.5. The number of aromatic amines is 3. The molecule has 0 spiro atoms. The Morgan fingerprint density at radius 2 is 0.833 bits per heavy atom. The van der Waals surface area contributed by atoms with E-state index in [9.17, 15) is 14.4 Å². The largest absolute Gasteiger partial charge is 0.478 e. The normalized spacial score (nSPS) is 15.5. The number of H-pyrrole nitrogens is 3. The van der Waals surface area contributed by atoms with Crippen molar-refractivity contribution < 1.29 is 28.6 Å². The highest BCUT2D eigenvalue weighted by Crippen LogP contribution is 2.36. The summed E-state index contributed by atoms with van der Waals surface area (Å²) in [7, 11) is 16.4. The lowest BCUT2D eigenvalue weighted by atomic mass is 10.1. The number of likely N-dealkylation sites (N-methyl/N-ethyl adjacent to an activating group) is 3. The second kappa shape index (κ2) is 35.6. The Labute approximate surface area is 658 Å². The first-order valence-electron chi connectivity index (χ1n) is 37.9. The van der Waals surface area contributed by atoms with E-state index in [1.807, 2.05) is 68.8 Å². The smallest absolute Gasteiger partial charge is 0.256 e. The highest BCUT2D eigenvalue weighted by molar-refractivity contribution is 6.07. The van der Waals surface area contributed by atoms with E-state index in [0.717, 1.165) is 125 Å². The molecule has 3 amide bonds. The maximum absolute atomic E-state index is 13.3. The molecular weight excluding hydrogens is 1460 g/mol. The SMILES string of the molecule is CCC(C(=O)Nc1ccnc2c(-c3nc(Nc4cn(C)nc4OC)ncc3C)[nH]nc12)N1CCN(C)CC1.CCC(C(=O)Nc1cncc2c(-c3nc(Nc4cn(C)nc4OC)ncc3C)[nH]nc12)N1CCN(C)CC1.CCC(C(=O)Nc1nccc2c(-c3nc(Nc4cn(C)nc4OC)ncc3C)n[nH]c12)N1CCN(C)CC1. The summed E-state index contributed by atoms with van der Waals surface area (Å²) in [6.45, 7) is 22.8. The number of anilines is 9. The van der Waals surface area contributed by atoms with Crippen molar-refractivity contribution in [2.24, 2.45) is 21.1 Å². The average molecular weight is 1560 g/mol. The molecule has 114 heavy (non-hydrogen) atoms. The van der Waals surface area contributed by atoms with Gasteiger partial charge in [-0.3, -0.25) is 68.4 Å². The molecule has 3 fully saturated rings. The quantitative estimate of drug-likeness (QED) is 0.0311. The Bertz CT molecular complexity index is 4830. The van der Waals surface area contributed by atoms with E-state index in [4.69, 9.17) is 29.2 Å². The van der Waals surface area contributed by atoms with E-state index in [0.29, 0.717) is 126 Å². The predicted molar refractivity (Wildman–Crippen MR) is 433 cm³/mol. The van der Waals surface area contributed by atoms with E-state index < -0.39 is 0 Å². The Balaban J connectivity index is 0.000000149. The molecule has 0 saturated carbocycles. The number of aromatic nitrogens is 21. The average Bonchev–Trinajstić information content (AvgIpc) is 1.56. The van der Waals surface area contributed by atoms with Gasteiger partial charge in [0.15, 0.2) is 5.82 Å². The van der Waals surface area contributed by atoms with E-state index in [-0.39, 0.29) is 35.8 Å². The van der Waals surface area contributed by atoms with Crippen LogP contribution in [0, 0.1) is 20.8 Å². The predicted octanol–water partition coefficient (Wildman–Crippen LogP) is 6.52.